The van der Waals surface area contributed by atoms with Gasteiger partial charge in [-0.2, -0.15) is 0 Å². The standard InChI is InChI=1S/C14H16FN3O3.ClH/c15-11-1-2-13(18(20)21)12(5-11)14(19)17-4-3-9-6-16-7-10(9)8-17;/h1-2,5,9-10,16H,3-4,6-8H2;1H. The van der Waals surface area contributed by atoms with Crippen molar-refractivity contribution in [3.8, 4) is 0 Å². The topological polar surface area (TPSA) is 75.5 Å². The Kier molecular flexibility index (Phi) is 4.97. The summed E-state index contributed by atoms with van der Waals surface area (Å²) in [6, 6.07) is 3.01. The number of benzene rings is 1. The first-order chi connectivity index (χ1) is 10.1. The van der Waals surface area contributed by atoms with E-state index in [1.165, 1.54) is 0 Å². The van der Waals surface area contributed by atoms with Crippen LogP contribution in [0.3, 0.4) is 0 Å². The lowest BCUT2D eigenvalue weighted by atomic mass is 9.88. The van der Waals surface area contributed by atoms with Crippen molar-refractivity contribution in [1.29, 1.82) is 0 Å². The Morgan fingerprint density at radius 2 is 2.09 bits per heavy atom. The van der Waals surface area contributed by atoms with Crippen molar-refractivity contribution in [2.45, 2.75) is 6.42 Å². The van der Waals surface area contributed by atoms with Crippen molar-refractivity contribution in [2.24, 2.45) is 11.8 Å². The van der Waals surface area contributed by atoms with Crippen molar-refractivity contribution >= 4 is 24.0 Å². The third-order valence-corrected chi connectivity index (χ3v) is 4.38. The predicted molar refractivity (Wildman–Crippen MR) is 80.7 cm³/mol. The van der Waals surface area contributed by atoms with Gasteiger partial charge in [0, 0.05) is 19.2 Å². The van der Waals surface area contributed by atoms with E-state index in [0.29, 0.717) is 24.9 Å². The van der Waals surface area contributed by atoms with Crippen LogP contribution >= 0.6 is 12.4 Å². The molecule has 1 aromatic rings. The number of rotatable bonds is 2. The van der Waals surface area contributed by atoms with Gasteiger partial charge in [-0.3, -0.25) is 14.9 Å². The highest BCUT2D eigenvalue weighted by Gasteiger charge is 2.36. The Morgan fingerprint density at radius 3 is 2.82 bits per heavy atom. The summed E-state index contributed by atoms with van der Waals surface area (Å²) in [5, 5.41) is 14.3. The summed E-state index contributed by atoms with van der Waals surface area (Å²) in [5.74, 6) is -0.139. The first-order valence-electron chi connectivity index (χ1n) is 7.00. The van der Waals surface area contributed by atoms with Crippen LogP contribution in [0.5, 0.6) is 0 Å². The molecule has 0 radical (unpaired) electrons. The fourth-order valence-corrected chi connectivity index (χ4v) is 3.23. The van der Waals surface area contributed by atoms with Crippen molar-refractivity contribution in [2.75, 3.05) is 26.2 Å². The molecule has 2 saturated heterocycles. The Balaban J connectivity index is 0.00000176. The first kappa shape index (κ1) is 16.6. The number of fused-ring (bicyclic) bond motifs is 1. The van der Waals surface area contributed by atoms with Crippen molar-refractivity contribution in [1.82, 2.24) is 10.2 Å². The number of amides is 1. The molecule has 0 bridgehead atoms. The molecule has 0 spiro atoms. The molecule has 2 aliphatic heterocycles. The van der Waals surface area contributed by atoms with Crippen LogP contribution in [0, 0.1) is 27.8 Å². The van der Waals surface area contributed by atoms with Gasteiger partial charge in [0.2, 0.25) is 0 Å². The molecule has 120 valence electrons. The average Bonchev–Trinajstić information content (AvgIpc) is 2.93. The number of piperidine rings is 1. The second-order valence-corrected chi connectivity index (χ2v) is 5.64. The number of nitrogens with one attached hydrogen (secondary N) is 1. The SMILES string of the molecule is Cl.O=C(c1cc(F)ccc1[N+](=O)[O-])N1CCC2CNCC2C1. The third kappa shape index (κ3) is 3.05. The van der Waals surface area contributed by atoms with Crippen LogP contribution in [0.15, 0.2) is 18.2 Å². The van der Waals surface area contributed by atoms with Gasteiger partial charge >= 0.3 is 0 Å². The molecule has 0 aliphatic carbocycles. The Labute approximate surface area is 133 Å². The molecule has 1 amide bonds. The molecule has 2 heterocycles. The largest absolute Gasteiger partial charge is 0.338 e. The molecule has 3 rings (SSSR count). The second kappa shape index (κ2) is 6.58. The minimum Gasteiger partial charge on any atom is -0.338 e. The van der Waals surface area contributed by atoms with E-state index < -0.39 is 16.6 Å². The molecule has 1 N–H and O–H groups in total. The summed E-state index contributed by atoms with van der Waals surface area (Å²) < 4.78 is 13.3. The van der Waals surface area contributed by atoms with Gasteiger partial charge in [0.05, 0.1) is 4.92 Å². The number of carbonyl (C=O) groups excluding carboxylic acids is 1. The number of nitrogens with zero attached hydrogens (tertiary/aromatic N) is 2. The number of nitro groups is 1. The van der Waals surface area contributed by atoms with Crippen LogP contribution in [0.2, 0.25) is 0 Å². The number of hydrogen-bond acceptors (Lipinski definition) is 4. The summed E-state index contributed by atoms with van der Waals surface area (Å²) in [6.07, 6.45) is 0.881. The van der Waals surface area contributed by atoms with E-state index in [1.54, 1.807) is 4.90 Å². The minimum atomic E-state index is -0.642. The zero-order valence-corrected chi connectivity index (χ0v) is 12.6. The number of halogens is 2. The number of nitro benzene ring substituents is 1. The van der Waals surface area contributed by atoms with E-state index in [4.69, 9.17) is 0 Å². The number of hydrogen-bond donors (Lipinski definition) is 1. The monoisotopic (exact) mass is 329 g/mol. The first-order valence-corrected chi connectivity index (χ1v) is 7.00. The molecule has 2 aliphatic rings. The highest BCUT2D eigenvalue weighted by molar-refractivity contribution is 5.98. The van der Waals surface area contributed by atoms with E-state index >= 15 is 0 Å². The minimum absolute atomic E-state index is 0. The van der Waals surface area contributed by atoms with E-state index in [0.717, 1.165) is 37.7 Å². The van der Waals surface area contributed by atoms with Crippen LogP contribution in [0.25, 0.3) is 0 Å². The average molecular weight is 330 g/mol. The number of carbonyl (C=O) groups is 1. The quantitative estimate of drug-likeness (QED) is 0.663. The van der Waals surface area contributed by atoms with Gasteiger partial charge < -0.3 is 10.2 Å². The van der Waals surface area contributed by atoms with Crippen molar-refractivity contribution in [3.05, 3.63) is 39.7 Å². The normalized spacial score (nSPS) is 23.6. The van der Waals surface area contributed by atoms with Crippen LogP contribution in [-0.4, -0.2) is 41.9 Å². The van der Waals surface area contributed by atoms with Gasteiger partial charge in [-0.05, 0) is 43.5 Å². The summed E-state index contributed by atoms with van der Waals surface area (Å²) in [7, 11) is 0. The fraction of sp³-hybridized carbons (Fsp3) is 0.500. The predicted octanol–water partition coefficient (Wildman–Crippen LogP) is 1.84. The molecule has 8 heteroatoms. The zero-order valence-electron chi connectivity index (χ0n) is 11.8. The molecule has 1 aromatic carbocycles. The van der Waals surface area contributed by atoms with Crippen LogP contribution in [0.1, 0.15) is 16.8 Å². The highest BCUT2D eigenvalue weighted by atomic mass is 35.5. The second-order valence-electron chi connectivity index (χ2n) is 5.64. The highest BCUT2D eigenvalue weighted by Crippen LogP contribution is 2.29. The lowest BCUT2D eigenvalue weighted by molar-refractivity contribution is -0.385. The summed E-state index contributed by atoms with van der Waals surface area (Å²) >= 11 is 0. The van der Waals surface area contributed by atoms with E-state index in [-0.39, 0.29) is 23.7 Å². The van der Waals surface area contributed by atoms with Crippen LogP contribution in [0.4, 0.5) is 10.1 Å². The number of likely N-dealkylation sites (tertiary alicyclic amines) is 1. The van der Waals surface area contributed by atoms with Crippen molar-refractivity contribution in [3.63, 3.8) is 0 Å². The van der Waals surface area contributed by atoms with Gasteiger partial charge in [0.25, 0.3) is 11.6 Å². The molecule has 2 fully saturated rings. The summed E-state index contributed by atoms with van der Waals surface area (Å²) in [5.41, 5.74) is -0.502. The maximum atomic E-state index is 13.3. The van der Waals surface area contributed by atoms with Gasteiger partial charge in [-0.1, -0.05) is 0 Å². The molecule has 22 heavy (non-hydrogen) atoms. The smallest absolute Gasteiger partial charge is 0.282 e. The Bertz CT molecular complexity index is 599. The van der Waals surface area contributed by atoms with Gasteiger partial charge in [-0.15, -0.1) is 12.4 Å². The molecule has 6 nitrogen and oxygen atoms in total. The zero-order chi connectivity index (χ0) is 15.0. The molecular formula is C14H17ClFN3O3. The molecule has 2 unspecified atom stereocenters. The third-order valence-electron chi connectivity index (χ3n) is 4.38. The molecule has 0 saturated carbocycles. The summed E-state index contributed by atoms with van der Waals surface area (Å²) in [4.78, 5) is 24.5. The lowest BCUT2D eigenvalue weighted by Gasteiger charge is -2.34. The van der Waals surface area contributed by atoms with Crippen molar-refractivity contribution < 1.29 is 14.1 Å². The van der Waals surface area contributed by atoms with Gasteiger partial charge in [0.15, 0.2) is 0 Å². The lowest BCUT2D eigenvalue weighted by Crippen LogP contribution is -2.43. The van der Waals surface area contributed by atoms with Gasteiger partial charge in [-0.25, -0.2) is 4.39 Å². The van der Waals surface area contributed by atoms with Crippen LogP contribution in [-0.2, 0) is 0 Å². The maximum Gasteiger partial charge on any atom is 0.282 e. The summed E-state index contributed by atoms with van der Waals surface area (Å²) in [6.45, 7) is 2.96. The maximum absolute atomic E-state index is 13.3. The Morgan fingerprint density at radius 1 is 1.36 bits per heavy atom. The van der Waals surface area contributed by atoms with E-state index in [1.807, 2.05) is 0 Å². The molecule has 0 aromatic heterocycles. The van der Waals surface area contributed by atoms with E-state index in [9.17, 15) is 19.3 Å². The fourth-order valence-electron chi connectivity index (χ4n) is 3.23. The van der Waals surface area contributed by atoms with E-state index in [2.05, 4.69) is 5.32 Å². The Hall–Kier alpha value is -1.73. The van der Waals surface area contributed by atoms with Crippen LogP contribution < -0.4 is 5.32 Å². The molecule has 2 atom stereocenters. The van der Waals surface area contributed by atoms with Gasteiger partial charge in [0.1, 0.15) is 11.4 Å². The molecular weight excluding hydrogens is 313 g/mol.